The summed E-state index contributed by atoms with van der Waals surface area (Å²) in [6.07, 6.45) is 9.28. The Hall–Kier alpha value is -0.920. The van der Waals surface area contributed by atoms with Crippen LogP contribution in [0.1, 0.15) is 52.4 Å². The van der Waals surface area contributed by atoms with Crippen molar-refractivity contribution >= 4 is 12.1 Å². The lowest BCUT2D eigenvalue weighted by molar-refractivity contribution is 0.702. The highest BCUT2D eigenvalue weighted by atomic mass is 14.9. The van der Waals surface area contributed by atoms with Gasteiger partial charge < -0.3 is 0 Å². The maximum Gasteiger partial charge on any atom is 0.115 e. The summed E-state index contributed by atoms with van der Waals surface area (Å²) in [4.78, 5) is 8.67. The van der Waals surface area contributed by atoms with Crippen LogP contribution in [-0.4, -0.2) is 12.1 Å². The average molecular weight is 206 g/mol. The van der Waals surface area contributed by atoms with Crippen molar-refractivity contribution < 1.29 is 0 Å². The van der Waals surface area contributed by atoms with Crippen LogP contribution in [0, 0.1) is 5.92 Å². The van der Waals surface area contributed by atoms with E-state index in [9.17, 15) is 0 Å². The fourth-order valence-corrected chi connectivity index (χ4v) is 1.60. The molecule has 0 bridgehead atoms. The summed E-state index contributed by atoms with van der Waals surface area (Å²) in [5.41, 5.74) is 2.22. The summed E-state index contributed by atoms with van der Waals surface area (Å²) < 4.78 is 0. The van der Waals surface area contributed by atoms with Crippen LogP contribution in [0.25, 0.3) is 0 Å². The zero-order valence-corrected chi connectivity index (χ0v) is 10.00. The third-order valence-corrected chi connectivity index (χ3v) is 2.81. The molecule has 0 aromatic heterocycles. The van der Waals surface area contributed by atoms with Crippen molar-refractivity contribution in [2.75, 3.05) is 0 Å². The van der Waals surface area contributed by atoms with Gasteiger partial charge in [-0.05, 0) is 31.6 Å². The molecule has 0 unspecified atom stereocenters. The largest absolute Gasteiger partial charge is 0.246 e. The minimum Gasteiger partial charge on any atom is -0.246 e. The molecular weight excluding hydrogens is 184 g/mol. The molecule has 0 aromatic rings. The number of aliphatic imine (C=N–C) groups is 2. The van der Waals surface area contributed by atoms with E-state index in [1.54, 1.807) is 6.34 Å². The van der Waals surface area contributed by atoms with Gasteiger partial charge in [0.15, 0.2) is 0 Å². The first-order valence-electron chi connectivity index (χ1n) is 5.97. The van der Waals surface area contributed by atoms with Crippen molar-refractivity contribution in [3.8, 4) is 0 Å². The van der Waals surface area contributed by atoms with Crippen LogP contribution < -0.4 is 0 Å². The maximum atomic E-state index is 4.43. The molecule has 2 heteroatoms. The predicted octanol–water partition coefficient (Wildman–Crippen LogP) is 3.98. The fraction of sp³-hybridized carbons (Fsp3) is 0.692. The zero-order valence-electron chi connectivity index (χ0n) is 10.00. The molecule has 15 heavy (non-hydrogen) atoms. The first-order valence-corrected chi connectivity index (χ1v) is 5.97. The lowest BCUT2D eigenvalue weighted by Crippen LogP contribution is -1.96. The van der Waals surface area contributed by atoms with Crippen LogP contribution in [0.2, 0.25) is 0 Å². The Morgan fingerprint density at radius 2 is 1.80 bits per heavy atom. The van der Waals surface area contributed by atoms with E-state index in [0.29, 0.717) is 5.92 Å². The van der Waals surface area contributed by atoms with Crippen molar-refractivity contribution in [2.24, 2.45) is 15.9 Å². The Morgan fingerprint density at radius 1 is 1.20 bits per heavy atom. The van der Waals surface area contributed by atoms with Crippen LogP contribution in [0.5, 0.6) is 0 Å². The predicted molar refractivity (Wildman–Crippen MR) is 67.6 cm³/mol. The monoisotopic (exact) mass is 206 g/mol. The topological polar surface area (TPSA) is 24.7 Å². The second-order valence-electron chi connectivity index (χ2n) is 4.50. The molecule has 0 saturated heterocycles. The van der Waals surface area contributed by atoms with Gasteiger partial charge in [-0.25, -0.2) is 9.98 Å². The Labute approximate surface area is 93.2 Å². The van der Waals surface area contributed by atoms with Gasteiger partial charge in [0.25, 0.3) is 0 Å². The molecule has 0 amide bonds. The van der Waals surface area contributed by atoms with Crippen molar-refractivity contribution in [3.05, 3.63) is 12.3 Å². The van der Waals surface area contributed by atoms with E-state index in [-0.39, 0.29) is 0 Å². The lowest BCUT2D eigenvalue weighted by atomic mass is 10.2. The van der Waals surface area contributed by atoms with Gasteiger partial charge in [-0.2, -0.15) is 0 Å². The number of hydrogen-bond donors (Lipinski definition) is 0. The van der Waals surface area contributed by atoms with E-state index in [1.165, 1.54) is 31.4 Å². The van der Waals surface area contributed by atoms with E-state index < -0.39 is 0 Å². The van der Waals surface area contributed by atoms with Gasteiger partial charge in [0, 0.05) is 11.4 Å². The lowest BCUT2D eigenvalue weighted by Gasteiger charge is -2.01. The van der Waals surface area contributed by atoms with Crippen molar-refractivity contribution in [1.29, 1.82) is 0 Å². The van der Waals surface area contributed by atoms with Gasteiger partial charge >= 0.3 is 0 Å². The summed E-state index contributed by atoms with van der Waals surface area (Å²) >= 11 is 0. The second-order valence-corrected chi connectivity index (χ2v) is 4.50. The molecule has 1 saturated carbocycles. The summed E-state index contributed by atoms with van der Waals surface area (Å²) in [5.74, 6) is 0.413. The average Bonchev–Trinajstić information content (AvgIpc) is 2.46. The summed E-state index contributed by atoms with van der Waals surface area (Å²) in [5, 5.41) is 0. The molecule has 0 atom stereocenters. The normalized spacial score (nSPS) is 18.2. The van der Waals surface area contributed by atoms with Crippen LogP contribution in [0.4, 0.5) is 0 Å². The maximum absolute atomic E-state index is 4.43. The molecular formula is C13H22N2. The Bertz CT molecular complexity index is 252. The van der Waals surface area contributed by atoms with Crippen LogP contribution >= 0.6 is 0 Å². The van der Waals surface area contributed by atoms with Gasteiger partial charge in [-0.15, -0.1) is 0 Å². The molecule has 0 spiro atoms. The van der Waals surface area contributed by atoms with Gasteiger partial charge in [-0.1, -0.05) is 33.3 Å². The van der Waals surface area contributed by atoms with Gasteiger partial charge in [0.05, 0.1) is 0 Å². The quantitative estimate of drug-likeness (QED) is 0.379. The highest BCUT2D eigenvalue weighted by molar-refractivity contribution is 5.90. The van der Waals surface area contributed by atoms with Crippen molar-refractivity contribution in [1.82, 2.24) is 0 Å². The molecule has 1 aliphatic carbocycles. The first kappa shape index (κ1) is 12.2. The van der Waals surface area contributed by atoms with Crippen molar-refractivity contribution in [2.45, 2.75) is 52.4 Å². The van der Waals surface area contributed by atoms with Gasteiger partial charge in [0.1, 0.15) is 6.34 Å². The Kier molecular flexibility index (Phi) is 5.30. The highest BCUT2D eigenvalue weighted by Gasteiger charge is 2.04. The summed E-state index contributed by atoms with van der Waals surface area (Å²) in [7, 11) is 0. The van der Waals surface area contributed by atoms with E-state index in [0.717, 1.165) is 18.5 Å². The number of hydrogen-bond acceptors (Lipinski definition) is 1. The van der Waals surface area contributed by atoms with Crippen LogP contribution in [-0.2, 0) is 0 Å². The molecule has 1 rings (SSSR count). The van der Waals surface area contributed by atoms with E-state index >= 15 is 0 Å². The fourth-order valence-electron chi connectivity index (χ4n) is 1.60. The first-order chi connectivity index (χ1) is 7.20. The molecule has 2 nitrogen and oxygen atoms in total. The molecule has 0 radical (unpaired) electrons. The number of rotatable bonds is 3. The van der Waals surface area contributed by atoms with E-state index in [1.807, 2.05) is 0 Å². The molecule has 0 heterocycles. The molecule has 1 aliphatic rings. The summed E-state index contributed by atoms with van der Waals surface area (Å²) in [6.45, 7) is 8.08. The second kappa shape index (κ2) is 6.54. The Balaban J connectivity index is 2.44. The van der Waals surface area contributed by atoms with Crippen LogP contribution in [0.15, 0.2) is 22.3 Å². The van der Waals surface area contributed by atoms with Crippen molar-refractivity contribution in [3.63, 3.8) is 0 Å². The molecule has 0 aromatic carbocycles. The highest BCUT2D eigenvalue weighted by Crippen LogP contribution is 2.14. The third-order valence-electron chi connectivity index (χ3n) is 2.81. The smallest absolute Gasteiger partial charge is 0.115 e. The van der Waals surface area contributed by atoms with Crippen LogP contribution in [0.3, 0.4) is 0 Å². The van der Waals surface area contributed by atoms with E-state index in [2.05, 4.69) is 30.4 Å². The summed E-state index contributed by atoms with van der Waals surface area (Å²) in [6, 6.07) is 0. The third kappa shape index (κ3) is 4.91. The Morgan fingerprint density at radius 3 is 2.33 bits per heavy atom. The minimum absolute atomic E-state index is 0.413. The SMILES string of the molecule is C=C(/N=C\N=C1CCCCCC1)C(C)C. The molecule has 84 valence electrons. The molecule has 1 fully saturated rings. The van der Waals surface area contributed by atoms with Gasteiger partial charge in [-0.3, -0.25) is 0 Å². The molecule has 0 N–H and O–H groups in total. The zero-order chi connectivity index (χ0) is 11.1. The number of allylic oxidation sites excluding steroid dienone is 1. The minimum atomic E-state index is 0.413. The van der Waals surface area contributed by atoms with Gasteiger partial charge in [0.2, 0.25) is 0 Å². The van der Waals surface area contributed by atoms with E-state index in [4.69, 9.17) is 0 Å². The molecule has 0 aliphatic heterocycles. The standard InChI is InChI=1S/C13H22N2/c1-11(2)12(3)14-10-15-13-8-6-4-5-7-9-13/h10-11H,3-9H2,1-2H3/b14-10-. The number of nitrogens with zero attached hydrogens (tertiary/aromatic N) is 2.